The van der Waals surface area contributed by atoms with E-state index in [4.69, 9.17) is 0 Å². The van der Waals surface area contributed by atoms with Crippen molar-refractivity contribution in [1.29, 1.82) is 0 Å². The average molecular weight is 296 g/mol. The molecular weight excluding hydrogens is 280 g/mol. The van der Waals surface area contributed by atoms with Gasteiger partial charge in [-0.15, -0.1) is 23.5 Å². The Kier molecular flexibility index (Phi) is 4.76. The number of carbonyl (C=O) groups excluding carboxylic acids is 1. The highest BCUT2D eigenvalue weighted by molar-refractivity contribution is 8.21. The third kappa shape index (κ3) is 4.18. The van der Waals surface area contributed by atoms with Gasteiger partial charge in [-0.25, -0.2) is 5.43 Å². The Morgan fingerprint density at radius 2 is 2.16 bits per heavy atom. The second-order valence-electron chi connectivity index (χ2n) is 4.36. The van der Waals surface area contributed by atoms with Crippen molar-refractivity contribution in [3.8, 4) is 5.75 Å². The van der Waals surface area contributed by atoms with E-state index in [9.17, 15) is 9.90 Å². The first-order valence-corrected chi connectivity index (χ1v) is 7.94. The van der Waals surface area contributed by atoms with Gasteiger partial charge in [0, 0.05) is 17.1 Å². The molecule has 0 bridgehead atoms. The standard InChI is InChI=1S/C13H16N2O2S2/c1-13(18-6-7-19-13)8-12(17)15-14-9-10-4-2-3-5-11(10)16/h2-5,9,16H,6-8H2,1H3,(H,15,17)/b14-9-. The molecule has 0 unspecified atom stereocenters. The summed E-state index contributed by atoms with van der Waals surface area (Å²) in [5.74, 6) is 2.23. The summed E-state index contributed by atoms with van der Waals surface area (Å²) in [6.07, 6.45) is 1.89. The number of aromatic hydroxyl groups is 1. The van der Waals surface area contributed by atoms with E-state index in [0.717, 1.165) is 11.5 Å². The Balaban J connectivity index is 1.85. The zero-order chi connectivity index (χ0) is 13.7. The third-order valence-electron chi connectivity index (χ3n) is 2.71. The van der Waals surface area contributed by atoms with Crippen LogP contribution in [0.3, 0.4) is 0 Å². The Hall–Kier alpha value is -1.14. The SMILES string of the molecule is CC1(CC(=O)N/N=C\c2ccccc2O)SCCS1. The minimum absolute atomic E-state index is 0.0332. The first-order chi connectivity index (χ1) is 9.09. The third-order valence-corrected chi connectivity index (χ3v) is 6.00. The molecular formula is C13H16N2O2S2. The number of thioether (sulfide) groups is 2. The molecule has 1 saturated heterocycles. The molecule has 0 atom stereocenters. The minimum atomic E-state index is -0.101. The fourth-order valence-corrected chi connectivity index (χ4v) is 4.59. The maximum Gasteiger partial charge on any atom is 0.242 e. The molecule has 1 aromatic carbocycles. The monoisotopic (exact) mass is 296 g/mol. The highest BCUT2D eigenvalue weighted by Gasteiger charge is 2.32. The summed E-state index contributed by atoms with van der Waals surface area (Å²) in [5, 5.41) is 13.4. The Labute approximate surface area is 121 Å². The number of nitrogens with zero attached hydrogens (tertiary/aromatic N) is 1. The van der Waals surface area contributed by atoms with Gasteiger partial charge in [-0.1, -0.05) is 12.1 Å². The highest BCUT2D eigenvalue weighted by Crippen LogP contribution is 2.45. The average Bonchev–Trinajstić information content (AvgIpc) is 2.78. The van der Waals surface area contributed by atoms with E-state index in [1.165, 1.54) is 6.21 Å². The van der Waals surface area contributed by atoms with Crippen molar-refractivity contribution in [3.05, 3.63) is 29.8 Å². The first-order valence-electron chi connectivity index (χ1n) is 5.97. The van der Waals surface area contributed by atoms with Crippen LogP contribution in [0.5, 0.6) is 5.75 Å². The lowest BCUT2D eigenvalue weighted by Gasteiger charge is -2.19. The molecule has 0 radical (unpaired) electrons. The minimum Gasteiger partial charge on any atom is -0.507 e. The zero-order valence-electron chi connectivity index (χ0n) is 10.6. The molecule has 0 aromatic heterocycles. The summed E-state index contributed by atoms with van der Waals surface area (Å²) in [6, 6.07) is 6.85. The molecule has 1 amide bonds. The van der Waals surface area contributed by atoms with E-state index in [1.54, 1.807) is 24.3 Å². The van der Waals surface area contributed by atoms with E-state index >= 15 is 0 Å². The van der Waals surface area contributed by atoms with Crippen LogP contribution in [0.1, 0.15) is 18.9 Å². The number of hydrogen-bond acceptors (Lipinski definition) is 5. The number of nitrogens with one attached hydrogen (secondary N) is 1. The molecule has 19 heavy (non-hydrogen) atoms. The lowest BCUT2D eigenvalue weighted by molar-refractivity contribution is -0.121. The van der Waals surface area contributed by atoms with Gasteiger partial charge in [-0.05, 0) is 19.1 Å². The molecule has 0 aliphatic carbocycles. The Bertz CT molecular complexity index is 485. The fourth-order valence-electron chi connectivity index (χ4n) is 1.76. The van der Waals surface area contributed by atoms with Gasteiger partial charge < -0.3 is 5.11 Å². The predicted octanol–water partition coefficient (Wildman–Crippen LogP) is 2.43. The summed E-state index contributed by atoms with van der Waals surface area (Å²) < 4.78 is -0.0332. The number of hydrogen-bond donors (Lipinski definition) is 2. The van der Waals surface area contributed by atoms with Crippen LogP contribution in [0.15, 0.2) is 29.4 Å². The number of carbonyl (C=O) groups is 1. The van der Waals surface area contributed by atoms with Gasteiger partial charge in [0.25, 0.3) is 0 Å². The van der Waals surface area contributed by atoms with E-state index in [2.05, 4.69) is 17.5 Å². The van der Waals surface area contributed by atoms with Crippen LogP contribution in [0.2, 0.25) is 0 Å². The molecule has 0 saturated carbocycles. The first kappa shape index (κ1) is 14.3. The number of para-hydroxylation sites is 1. The molecule has 2 N–H and O–H groups in total. The molecule has 0 spiro atoms. The van der Waals surface area contributed by atoms with Gasteiger partial charge in [-0.3, -0.25) is 4.79 Å². The largest absolute Gasteiger partial charge is 0.507 e. The second kappa shape index (κ2) is 6.34. The lowest BCUT2D eigenvalue weighted by atomic mass is 10.2. The van der Waals surface area contributed by atoms with Crippen molar-refractivity contribution < 1.29 is 9.90 Å². The Morgan fingerprint density at radius 1 is 1.47 bits per heavy atom. The van der Waals surface area contributed by atoms with Crippen LogP contribution < -0.4 is 5.43 Å². The van der Waals surface area contributed by atoms with Gasteiger partial charge in [0.05, 0.1) is 16.7 Å². The number of phenolic OH excluding ortho intramolecular Hbond substituents is 1. The van der Waals surface area contributed by atoms with Gasteiger partial charge in [-0.2, -0.15) is 5.10 Å². The van der Waals surface area contributed by atoms with Gasteiger partial charge in [0.15, 0.2) is 0 Å². The van der Waals surface area contributed by atoms with Gasteiger partial charge in [0.1, 0.15) is 5.75 Å². The van der Waals surface area contributed by atoms with Crippen LogP contribution in [-0.2, 0) is 4.79 Å². The smallest absolute Gasteiger partial charge is 0.242 e. The van der Waals surface area contributed by atoms with Crippen molar-refractivity contribution in [2.75, 3.05) is 11.5 Å². The van der Waals surface area contributed by atoms with Crippen molar-refractivity contribution in [2.45, 2.75) is 17.4 Å². The van der Waals surface area contributed by atoms with Crippen LogP contribution in [0.4, 0.5) is 0 Å². The summed E-state index contributed by atoms with van der Waals surface area (Å²) in [6.45, 7) is 2.08. The molecule has 2 rings (SSSR count). The zero-order valence-corrected chi connectivity index (χ0v) is 12.3. The number of rotatable bonds is 4. The second-order valence-corrected chi connectivity index (χ2v) is 7.81. The van der Waals surface area contributed by atoms with Crippen molar-refractivity contribution >= 4 is 35.6 Å². The molecule has 1 aliphatic heterocycles. The van der Waals surface area contributed by atoms with E-state index in [1.807, 2.05) is 23.5 Å². The van der Waals surface area contributed by atoms with E-state index < -0.39 is 0 Å². The van der Waals surface area contributed by atoms with Crippen molar-refractivity contribution in [2.24, 2.45) is 5.10 Å². The van der Waals surface area contributed by atoms with E-state index in [0.29, 0.717) is 12.0 Å². The topological polar surface area (TPSA) is 61.7 Å². The fraction of sp³-hybridized carbons (Fsp3) is 0.385. The van der Waals surface area contributed by atoms with Crippen molar-refractivity contribution in [1.82, 2.24) is 5.43 Å². The quantitative estimate of drug-likeness (QED) is 0.662. The summed E-state index contributed by atoms with van der Waals surface area (Å²) in [4.78, 5) is 11.8. The van der Waals surface area contributed by atoms with Crippen LogP contribution in [0.25, 0.3) is 0 Å². The molecule has 6 heteroatoms. The van der Waals surface area contributed by atoms with Crippen molar-refractivity contribution in [3.63, 3.8) is 0 Å². The maximum absolute atomic E-state index is 11.8. The highest BCUT2D eigenvalue weighted by atomic mass is 32.2. The summed E-state index contributed by atoms with van der Waals surface area (Å²) in [7, 11) is 0. The van der Waals surface area contributed by atoms with Crippen LogP contribution in [0, 0.1) is 0 Å². The molecule has 1 aromatic rings. The molecule has 1 heterocycles. The predicted molar refractivity (Wildman–Crippen MR) is 81.8 cm³/mol. The van der Waals surface area contributed by atoms with E-state index in [-0.39, 0.29) is 15.7 Å². The van der Waals surface area contributed by atoms with Gasteiger partial charge in [0.2, 0.25) is 5.91 Å². The normalized spacial score (nSPS) is 17.7. The molecule has 1 aliphatic rings. The number of amides is 1. The number of hydrazone groups is 1. The van der Waals surface area contributed by atoms with Gasteiger partial charge >= 0.3 is 0 Å². The Morgan fingerprint density at radius 3 is 2.84 bits per heavy atom. The lowest BCUT2D eigenvalue weighted by Crippen LogP contribution is -2.26. The number of phenols is 1. The molecule has 102 valence electrons. The summed E-state index contributed by atoms with van der Waals surface area (Å²) in [5.41, 5.74) is 3.09. The summed E-state index contributed by atoms with van der Waals surface area (Å²) >= 11 is 3.63. The van der Waals surface area contributed by atoms with Crippen LogP contribution >= 0.6 is 23.5 Å². The molecule has 4 nitrogen and oxygen atoms in total. The van der Waals surface area contributed by atoms with Crippen LogP contribution in [-0.4, -0.2) is 32.8 Å². The number of benzene rings is 1. The maximum atomic E-state index is 11.8. The molecule has 1 fully saturated rings.